The van der Waals surface area contributed by atoms with E-state index in [1.54, 1.807) is 6.07 Å². The molecular formula is C25H39ClFN. The van der Waals surface area contributed by atoms with Crippen LogP contribution in [0.5, 0.6) is 0 Å². The molecule has 1 heterocycles. The van der Waals surface area contributed by atoms with Gasteiger partial charge in [0.2, 0.25) is 0 Å². The Hall–Kier alpha value is -0.600. The molecule has 3 heteroatoms. The number of rotatable bonds is 4. The van der Waals surface area contributed by atoms with Crippen molar-refractivity contribution < 1.29 is 4.39 Å². The van der Waals surface area contributed by atoms with Crippen LogP contribution < -0.4 is 0 Å². The highest BCUT2D eigenvalue weighted by Crippen LogP contribution is 2.53. The first-order valence-corrected chi connectivity index (χ1v) is 11.2. The Morgan fingerprint density at radius 2 is 1.50 bits per heavy atom. The Morgan fingerprint density at radius 3 is 2.07 bits per heavy atom. The zero-order chi connectivity index (χ0) is 19.2. The average molecular weight is 408 g/mol. The van der Waals surface area contributed by atoms with E-state index < -0.39 is 0 Å². The summed E-state index contributed by atoms with van der Waals surface area (Å²) in [6.07, 6.45) is 9.01. The highest BCUT2D eigenvalue weighted by atomic mass is 35.5. The van der Waals surface area contributed by atoms with Crippen LogP contribution in [-0.2, 0) is 0 Å². The van der Waals surface area contributed by atoms with Crippen molar-refractivity contribution >= 4 is 12.4 Å². The minimum atomic E-state index is -0.0523. The predicted octanol–water partition coefficient (Wildman–Crippen LogP) is 7.16. The van der Waals surface area contributed by atoms with Gasteiger partial charge in [0.1, 0.15) is 5.82 Å². The third-order valence-corrected chi connectivity index (χ3v) is 7.28. The summed E-state index contributed by atoms with van der Waals surface area (Å²) in [5, 5.41) is 0. The number of piperidine rings is 1. The highest BCUT2D eigenvalue weighted by molar-refractivity contribution is 5.85. The smallest absolute Gasteiger partial charge is 0.123 e. The van der Waals surface area contributed by atoms with E-state index in [0.717, 1.165) is 5.92 Å². The standard InChI is InChI=1S/C25H38FN.ClH/c1-24(2)14-20(15-25(3,4)17-24)22-8-7-21(26)13-23(22)19-9-11-27(12-10-19)16-18-5-6-18;/h7-8,13,18-20H,5-6,9-12,14-17H2,1-4H3;1H. The van der Waals surface area contributed by atoms with E-state index >= 15 is 0 Å². The van der Waals surface area contributed by atoms with Crippen LogP contribution in [-0.4, -0.2) is 24.5 Å². The van der Waals surface area contributed by atoms with E-state index in [0.29, 0.717) is 22.7 Å². The molecule has 1 aliphatic heterocycles. The third kappa shape index (κ3) is 5.30. The zero-order valence-corrected chi connectivity index (χ0v) is 19.1. The van der Waals surface area contributed by atoms with Gasteiger partial charge in [0, 0.05) is 6.54 Å². The second kappa shape index (κ2) is 8.26. The number of benzene rings is 1. The average Bonchev–Trinajstić information content (AvgIpc) is 3.36. The van der Waals surface area contributed by atoms with Gasteiger partial charge in [-0.25, -0.2) is 4.39 Å². The van der Waals surface area contributed by atoms with Gasteiger partial charge in [0.15, 0.2) is 0 Å². The molecule has 1 aromatic rings. The van der Waals surface area contributed by atoms with Crippen LogP contribution in [0.2, 0.25) is 0 Å². The summed E-state index contributed by atoms with van der Waals surface area (Å²) in [5.74, 6) is 2.03. The summed E-state index contributed by atoms with van der Waals surface area (Å²) in [5.41, 5.74) is 3.52. The van der Waals surface area contributed by atoms with Crippen molar-refractivity contribution in [2.45, 2.75) is 84.5 Å². The van der Waals surface area contributed by atoms with Crippen molar-refractivity contribution in [3.8, 4) is 0 Å². The minimum absolute atomic E-state index is 0. The first-order chi connectivity index (χ1) is 12.7. The largest absolute Gasteiger partial charge is 0.303 e. The fourth-order valence-electron chi connectivity index (χ4n) is 6.43. The maximum Gasteiger partial charge on any atom is 0.123 e. The molecule has 0 radical (unpaired) electrons. The lowest BCUT2D eigenvalue weighted by Gasteiger charge is -2.46. The fourth-order valence-corrected chi connectivity index (χ4v) is 6.43. The summed E-state index contributed by atoms with van der Waals surface area (Å²) in [7, 11) is 0. The SMILES string of the molecule is CC1(C)CC(c2ccc(F)cc2C2CCN(CC3CC3)CC2)CC(C)(C)C1.Cl. The molecule has 0 unspecified atom stereocenters. The molecule has 28 heavy (non-hydrogen) atoms. The molecule has 0 atom stereocenters. The van der Waals surface area contributed by atoms with Crippen LogP contribution in [0.1, 0.15) is 95.6 Å². The summed E-state index contributed by atoms with van der Waals surface area (Å²) in [6.45, 7) is 13.4. The molecule has 4 rings (SSSR count). The third-order valence-electron chi connectivity index (χ3n) is 7.28. The molecule has 1 nitrogen and oxygen atoms in total. The Balaban J connectivity index is 0.00000225. The number of halogens is 2. The highest BCUT2D eigenvalue weighted by Gasteiger charge is 2.40. The van der Waals surface area contributed by atoms with Crippen molar-refractivity contribution in [2.75, 3.05) is 19.6 Å². The van der Waals surface area contributed by atoms with Crippen LogP contribution in [0.25, 0.3) is 0 Å². The van der Waals surface area contributed by atoms with Gasteiger partial charge < -0.3 is 4.90 Å². The van der Waals surface area contributed by atoms with Crippen LogP contribution in [0.3, 0.4) is 0 Å². The number of hydrogen-bond donors (Lipinski definition) is 0. The summed E-state index contributed by atoms with van der Waals surface area (Å²) in [4.78, 5) is 2.65. The van der Waals surface area contributed by atoms with Crippen molar-refractivity contribution in [3.63, 3.8) is 0 Å². The van der Waals surface area contributed by atoms with Crippen molar-refractivity contribution in [1.82, 2.24) is 4.90 Å². The van der Waals surface area contributed by atoms with Crippen molar-refractivity contribution in [3.05, 3.63) is 35.1 Å². The monoisotopic (exact) mass is 407 g/mol. The predicted molar refractivity (Wildman–Crippen MR) is 119 cm³/mol. The number of nitrogens with zero attached hydrogens (tertiary/aromatic N) is 1. The maximum absolute atomic E-state index is 14.2. The molecule has 1 saturated heterocycles. The summed E-state index contributed by atoms with van der Waals surface area (Å²) < 4.78 is 14.2. The molecule has 1 aromatic carbocycles. The lowest BCUT2D eigenvalue weighted by atomic mass is 9.59. The quantitative estimate of drug-likeness (QED) is 0.511. The van der Waals surface area contributed by atoms with Gasteiger partial charge in [0.25, 0.3) is 0 Å². The lowest BCUT2D eigenvalue weighted by molar-refractivity contribution is 0.0962. The van der Waals surface area contributed by atoms with Gasteiger partial charge in [-0.15, -0.1) is 12.4 Å². The molecule has 0 amide bonds. The normalized spacial score (nSPS) is 26.0. The molecule has 0 spiro atoms. The van der Waals surface area contributed by atoms with Crippen LogP contribution in [0.15, 0.2) is 18.2 Å². The Bertz CT molecular complexity index is 655. The Morgan fingerprint density at radius 1 is 0.893 bits per heavy atom. The van der Waals surface area contributed by atoms with Crippen molar-refractivity contribution in [1.29, 1.82) is 0 Å². The van der Waals surface area contributed by atoms with Gasteiger partial charge in [0.05, 0.1) is 0 Å². The Kier molecular flexibility index (Phi) is 6.52. The molecule has 3 fully saturated rings. The second-order valence-corrected chi connectivity index (χ2v) is 11.4. The van der Waals surface area contributed by atoms with Crippen LogP contribution >= 0.6 is 12.4 Å². The van der Waals surface area contributed by atoms with Gasteiger partial charge in [-0.05, 0) is 110 Å². The van der Waals surface area contributed by atoms with E-state index in [9.17, 15) is 4.39 Å². The van der Waals surface area contributed by atoms with E-state index in [1.165, 1.54) is 75.7 Å². The van der Waals surface area contributed by atoms with Crippen molar-refractivity contribution in [2.24, 2.45) is 16.7 Å². The second-order valence-electron chi connectivity index (χ2n) is 11.4. The molecule has 0 aromatic heterocycles. The minimum Gasteiger partial charge on any atom is -0.303 e. The zero-order valence-electron chi connectivity index (χ0n) is 18.3. The first kappa shape index (κ1) is 22.1. The van der Waals surface area contributed by atoms with Gasteiger partial charge >= 0.3 is 0 Å². The van der Waals surface area contributed by atoms with Gasteiger partial charge in [-0.3, -0.25) is 0 Å². The summed E-state index contributed by atoms with van der Waals surface area (Å²) >= 11 is 0. The molecular weight excluding hydrogens is 369 g/mol. The van der Waals surface area contributed by atoms with Gasteiger partial charge in [-0.1, -0.05) is 33.8 Å². The number of hydrogen-bond acceptors (Lipinski definition) is 1. The molecule has 158 valence electrons. The van der Waals surface area contributed by atoms with Crippen LogP contribution in [0.4, 0.5) is 4.39 Å². The topological polar surface area (TPSA) is 3.24 Å². The molecule has 0 N–H and O–H groups in total. The first-order valence-electron chi connectivity index (χ1n) is 11.2. The lowest BCUT2D eigenvalue weighted by Crippen LogP contribution is -2.35. The number of likely N-dealkylation sites (tertiary alicyclic amines) is 1. The van der Waals surface area contributed by atoms with E-state index in [-0.39, 0.29) is 18.2 Å². The molecule has 3 aliphatic rings. The molecule has 0 bridgehead atoms. The molecule has 2 saturated carbocycles. The van der Waals surface area contributed by atoms with Crippen LogP contribution in [0, 0.1) is 22.6 Å². The Labute approximate surface area is 177 Å². The molecule has 2 aliphatic carbocycles. The maximum atomic E-state index is 14.2. The van der Waals surface area contributed by atoms with E-state index in [4.69, 9.17) is 0 Å². The van der Waals surface area contributed by atoms with Gasteiger partial charge in [-0.2, -0.15) is 0 Å². The fraction of sp³-hybridized carbons (Fsp3) is 0.760. The van der Waals surface area contributed by atoms with E-state index in [2.05, 4.69) is 38.7 Å². The summed E-state index contributed by atoms with van der Waals surface area (Å²) in [6, 6.07) is 5.71. The van der Waals surface area contributed by atoms with E-state index in [1.807, 2.05) is 6.07 Å².